The highest BCUT2D eigenvalue weighted by Crippen LogP contribution is 2.11. The summed E-state index contributed by atoms with van der Waals surface area (Å²) in [7, 11) is 0. The van der Waals surface area contributed by atoms with Gasteiger partial charge >= 0.3 is 5.97 Å². The number of hydrogen-bond donors (Lipinski definition) is 2. The molecule has 8 heteroatoms. The highest BCUT2D eigenvalue weighted by Gasteiger charge is 2.32. The van der Waals surface area contributed by atoms with Gasteiger partial charge < -0.3 is 10.4 Å². The largest absolute Gasteiger partial charge is 0.480 e. The fourth-order valence-electron chi connectivity index (χ4n) is 2.26. The number of nitrogens with one attached hydrogen (secondary N) is 1. The molecule has 0 radical (unpaired) electrons. The van der Waals surface area contributed by atoms with E-state index in [1.54, 1.807) is 27.8 Å². The molecule has 2 aromatic heterocycles. The van der Waals surface area contributed by atoms with Crippen LogP contribution >= 0.6 is 0 Å². The van der Waals surface area contributed by atoms with E-state index in [1.807, 2.05) is 6.20 Å². The molecule has 20 heavy (non-hydrogen) atoms. The van der Waals surface area contributed by atoms with Gasteiger partial charge in [-0.15, -0.1) is 0 Å². The Balaban J connectivity index is 1.83. The van der Waals surface area contributed by atoms with Crippen molar-refractivity contribution in [3.8, 4) is 0 Å². The third-order valence-electron chi connectivity index (χ3n) is 3.22. The molecule has 2 aromatic rings. The molecule has 8 nitrogen and oxygen atoms in total. The number of imidazole rings is 1. The van der Waals surface area contributed by atoms with E-state index in [9.17, 15) is 14.7 Å². The first-order chi connectivity index (χ1) is 9.63. The lowest BCUT2D eigenvalue weighted by Gasteiger charge is -2.31. The third kappa shape index (κ3) is 2.32. The Morgan fingerprint density at radius 1 is 1.55 bits per heavy atom. The van der Waals surface area contributed by atoms with Crippen LogP contribution in [0, 0.1) is 0 Å². The average Bonchev–Trinajstić information content (AvgIpc) is 2.80. The van der Waals surface area contributed by atoms with E-state index in [-0.39, 0.29) is 19.0 Å². The molecule has 0 spiro atoms. The molecule has 0 aliphatic carbocycles. The Hall–Kier alpha value is -2.48. The van der Waals surface area contributed by atoms with Gasteiger partial charge in [-0.25, -0.2) is 9.97 Å². The van der Waals surface area contributed by atoms with Gasteiger partial charge in [-0.05, 0) is 6.07 Å². The Labute approximate surface area is 114 Å². The SMILES string of the molecule is O=C1CN(Cc2cn3cccnc3n2)C(C(=O)O)CN1. The smallest absolute Gasteiger partial charge is 0.322 e. The van der Waals surface area contributed by atoms with Crippen LogP contribution in [0.15, 0.2) is 24.7 Å². The molecule has 0 aromatic carbocycles. The fraction of sp³-hybridized carbons (Fsp3) is 0.333. The summed E-state index contributed by atoms with van der Waals surface area (Å²) < 4.78 is 1.76. The maximum atomic E-state index is 11.4. The normalized spacial score (nSPS) is 20.0. The molecular weight excluding hydrogens is 262 g/mol. The second kappa shape index (κ2) is 4.89. The summed E-state index contributed by atoms with van der Waals surface area (Å²) in [6, 6.07) is 1.05. The van der Waals surface area contributed by atoms with Gasteiger partial charge in [-0.2, -0.15) is 0 Å². The molecule has 1 aliphatic rings. The summed E-state index contributed by atoms with van der Waals surface area (Å²) in [5, 5.41) is 11.7. The van der Waals surface area contributed by atoms with Crippen molar-refractivity contribution >= 4 is 17.7 Å². The predicted octanol–water partition coefficient (Wildman–Crippen LogP) is -0.886. The molecule has 1 fully saturated rings. The predicted molar refractivity (Wildman–Crippen MR) is 67.8 cm³/mol. The average molecular weight is 275 g/mol. The van der Waals surface area contributed by atoms with Gasteiger partial charge in [0.2, 0.25) is 11.7 Å². The van der Waals surface area contributed by atoms with Crippen LogP contribution in [0.2, 0.25) is 0 Å². The molecule has 0 saturated carbocycles. The zero-order valence-corrected chi connectivity index (χ0v) is 10.6. The van der Waals surface area contributed by atoms with Crippen LogP contribution in [0.4, 0.5) is 0 Å². The maximum Gasteiger partial charge on any atom is 0.322 e. The van der Waals surface area contributed by atoms with E-state index in [0.29, 0.717) is 18.0 Å². The zero-order chi connectivity index (χ0) is 14.1. The number of rotatable bonds is 3. The van der Waals surface area contributed by atoms with Crippen molar-refractivity contribution in [1.82, 2.24) is 24.6 Å². The van der Waals surface area contributed by atoms with Gasteiger partial charge in [0.05, 0.1) is 12.2 Å². The first-order valence-corrected chi connectivity index (χ1v) is 6.15. The Bertz CT molecular complexity index is 635. The van der Waals surface area contributed by atoms with Crippen molar-refractivity contribution in [2.75, 3.05) is 13.1 Å². The maximum absolute atomic E-state index is 11.4. The minimum absolute atomic E-state index is 0.0538. The highest BCUT2D eigenvalue weighted by atomic mass is 16.4. The van der Waals surface area contributed by atoms with Crippen LogP contribution in [0.5, 0.6) is 0 Å². The summed E-state index contributed by atoms with van der Waals surface area (Å²) in [4.78, 5) is 32.6. The summed E-state index contributed by atoms with van der Waals surface area (Å²) in [6.07, 6.45) is 5.24. The van der Waals surface area contributed by atoms with E-state index in [4.69, 9.17) is 0 Å². The molecule has 1 atom stereocenters. The summed E-state index contributed by atoms with van der Waals surface area (Å²) in [5.41, 5.74) is 0.685. The molecule has 1 amide bonds. The van der Waals surface area contributed by atoms with Gasteiger partial charge in [0.25, 0.3) is 0 Å². The first-order valence-electron chi connectivity index (χ1n) is 6.15. The second-order valence-corrected chi connectivity index (χ2v) is 4.62. The Morgan fingerprint density at radius 3 is 3.15 bits per heavy atom. The molecule has 2 N–H and O–H groups in total. The monoisotopic (exact) mass is 275 g/mol. The van der Waals surface area contributed by atoms with E-state index < -0.39 is 12.0 Å². The summed E-state index contributed by atoms with van der Waals surface area (Å²) in [6.45, 7) is 0.464. The number of piperazine rings is 1. The van der Waals surface area contributed by atoms with Crippen molar-refractivity contribution in [1.29, 1.82) is 0 Å². The van der Waals surface area contributed by atoms with Gasteiger partial charge in [0.1, 0.15) is 6.04 Å². The first kappa shape index (κ1) is 12.5. The van der Waals surface area contributed by atoms with Gasteiger partial charge in [-0.1, -0.05) is 0 Å². The van der Waals surface area contributed by atoms with Crippen molar-refractivity contribution in [3.63, 3.8) is 0 Å². The van der Waals surface area contributed by atoms with Gasteiger partial charge in [0.15, 0.2) is 0 Å². The van der Waals surface area contributed by atoms with Crippen molar-refractivity contribution in [2.45, 2.75) is 12.6 Å². The van der Waals surface area contributed by atoms with Crippen LogP contribution in [0.1, 0.15) is 5.69 Å². The number of amides is 1. The quantitative estimate of drug-likeness (QED) is 0.754. The van der Waals surface area contributed by atoms with Crippen molar-refractivity contribution < 1.29 is 14.7 Å². The van der Waals surface area contributed by atoms with Crippen LogP contribution in [0.25, 0.3) is 5.78 Å². The van der Waals surface area contributed by atoms with E-state index >= 15 is 0 Å². The minimum atomic E-state index is -0.952. The Kier molecular flexibility index (Phi) is 3.07. The highest BCUT2D eigenvalue weighted by molar-refractivity contribution is 5.83. The molecule has 104 valence electrons. The number of carboxylic acid groups (broad SMARTS) is 1. The molecule has 3 heterocycles. The second-order valence-electron chi connectivity index (χ2n) is 4.62. The van der Waals surface area contributed by atoms with Crippen molar-refractivity contribution in [2.24, 2.45) is 0 Å². The van der Waals surface area contributed by atoms with E-state index in [2.05, 4.69) is 15.3 Å². The third-order valence-corrected chi connectivity index (χ3v) is 3.22. The number of carbonyl (C=O) groups excluding carboxylic acids is 1. The molecule has 1 saturated heterocycles. The lowest BCUT2D eigenvalue weighted by molar-refractivity contribution is -0.146. The topological polar surface area (TPSA) is 99.8 Å². The number of aromatic nitrogens is 3. The van der Waals surface area contributed by atoms with Crippen molar-refractivity contribution in [3.05, 3.63) is 30.4 Å². The van der Waals surface area contributed by atoms with Gasteiger partial charge in [-0.3, -0.25) is 18.9 Å². The molecule has 3 rings (SSSR count). The molecular formula is C12H13N5O3. The Morgan fingerprint density at radius 2 is 2.40 bits per heavy atom. The summed E-state index contributed by atoms with van der Waals surface area (Å²) >= 11 is 0. The fourth-order valence-corrected chi connectivity index (χ4v) is 2.26. The molecule has 1 unspecified atom stereocenters. The number of nitrogens with zero attached hydrogens (tertiary/aromatic N) is 4. The van der Waals surface area contributed by atoms with Crippen LogP contribution in [0.3, 0.4) is 0 Å². The van der Waals surface area contributed by atoms with E-state index in [1.165, 1.54) is 0 Å². The number of fused-ring (bicyclic) bond motifs is 1. The lowest BCUT2D eigenvalue weighted by Crippen LogP contribution is -2.56. The zero-order valence-electron chi connectivity index (χ0n) is 10.6. The van der Waals surface area contributed by atoms with Gasteiger partial charge in [0, 0.05) is 31.7 Å². The standard InChI is InChI=1S/C12H13N5O3/c18-10-7-17(9(4-14-10)11(19)20)6-8-5-16-3-1-2-13-12(16)15-8/h1-3,5,9H,4,6-7H2,(H,14,18)(H,19,20). The minimum Gasteiger partial charge on any atom is -0.480 e. The van der Waals surface area contributed by atoms with Crippen LogP contribution in [-0.4, -0.2) is 55.4 Å². The lowest BCUT2D eigenvalue weighted by atomic mass is 10.2. The number of aliphatic carboxylic acids is 1. The van der Waals surface area contributed by atoms with E-state index in [0.717, 1.165) is 0 Å². The molecule has 0 bridgehead atoms. The molecule has 1 aliphatic heterocycles. The number of hydrogen-bond acceptors (Lipinski definition) is 5. The number of carboxylic acids is 1. The summed E-state index contributed by atoms with van der Waals surface area (Å²) in [5.74, 6) is -0.577. The van der Waals surface area contributed by atoms with Crippen LogP contribution < -0.4 is 5.32 Å². The van der Waals surface area contributed by atoms with Crippen LogP contribution in [-0.2, 0) is 16.1 Å². The number of carbonyl (C=O) groups is 2.